The molecule has 1 amide bonds. The van der Waals surface area contributed by atoms with Gasteiger partial charge in [0.15, 0.2) is 5.15 Å². The van der Waals surface area contributed by atoms with Crippen molar-refractivity contribution in [3.63, 3.8) is 0 Å². The zero-order valence-electron chi connectivity index (χ0n) is 18.3. The molecular weight excluding hydrogens is 568 g/mol. The molecular formula is C20H15Cl2F3N4O5S2. The normalized spacial score (nSPS) is 11.8. The number of benzene rings is 1. The molecule has 2 heterocycles. The summed E-state index contributed by atoms with van der Waals surface area (Å²) in [5.74, 6) is -4.01. The van der Waals surface area contributed by atoms with Crippen molar-refractivity contribution in [3.8, 4) is 10.4 Å². The van der Waals surface area contributed by atoms with Crippen molar-refractivity contribution in [1.29, 1.82) is 0 Å². The van der Waals surface area contributed by atoms with E-state index in [9.17, 15) is 31.2 Å². The second-order valence-corrected chi connectivity index (χ2v) is 10.6. The number of nitrogens with one attached hydrogen (secondary N) is 1. The van der Waals surface area contributed by atoms with E-state index in [-0.39, 0.29) is 38.0 Å². The van der Waals surface area contributed by atoms with E-state index >= 15 is 0 Å². The van der Waals surface area contributed by atoms with Gasteiger partial charge in [-0.05, 0) is 30.7 Å². The number of aryl methyl sites for hydroxylation is 1. The summed E-state index contributed by atoms with van der Waals surface area (Å²) in [4.78, 5) is 35.5. The van der Waals surface area contributed by atoms with Crippen LogP contribution in [0.5, 0.6) is 0 Å². The van der Waals surface area contributed by atoms with Gasteiger partial charge in [-0.2, -0.15) is 13.2 Å². The molecule has 0 bridgehead atoms. The molecule has 0 fully saturated rings. The van der Waals surface area contributed by atoms with Crippen LogP contribution in [0.15, 0.2) is 36.5 Å². The van der Waals surface area contributed by atoms with Gasteiger partial charge < -0.3 is 4.84 Å². The van der Waals surface area contributed by atoms with Gasteiger partial charge in [-0.3, -0.25) is 9.52 Å². The van der Waals surface area contributed by atoms with Crippen LogP contribution in [0, 0.1) is 6.92 Å². The summed E-state index contributed by atoms with van der Waals surface area (Å²) in [5.41, 5.74) is 0.927. The molecule has 1 aromatic carbocycles. The molecule has 192 valence electrons. The third-order valence-corrected chi connectivity index (χ3v) is 7.26. The van der Waals surface area contributed by atoms with Crippen molar-refractivity contribution in [2.75, 3.05) is 9.79 Å². The quantitative estimate of drug-likeness (QED) is 0.316. The van der Waals surface area contributed by atoms with Gasteiger partial charge in [0, 0.05) is 23.7 Å². The Kier molecular flexibility index (Phi) is 8.13. The Morgan fingerprint density at radius 3 is 2.42 bits per heavy atom. The van der Waals surface area contributed by atoms with E-state index in [0.29, 0.717) is 26.8 Å². The number of carbonyl (C=O) groups excluding carboxylic acids is 2. The first-order chi connectivity index (χ1) is 16.7. The molecule has 0 aliphatic rings. The van der Waals surface area contributed by atoms with Crippen LogP contribution in [0.2, 0.25) is 10.2 Å². The summed E-state index contributed by atoms with van der Waals surface area (Å²) < 4.78 is 65.4. The fourth-order valence-corrected chi connectivity index (χ4v) is 5.32. The topological polar surface area (TPSA) is 119 Å². The molecule has 0 unspecified atom stereocenters. The molecule has 0 saturated heterocycles. The van der Waals surface area contributed by atoms with Crippen LogP contribution < -0.4 is 9.79 Å². The standard InChI is InChI=1S/C20H15Cl2F3N4O5S2/c1-10-16(35-19(27-10)29(11(2)30)34-18(31)20(23,24)25)13-7-15(17(22)26-8-13)28-36(32,33)9-12-3-5-14(21)6-4-12/h3-8,28H,9H2,1-2H3. The molecule has 0 aliphatic heterocycles. The number of sulfonamides is 1. The van der Waals surface area contributed by atoms with Crippen LogP contribution in [0.25, 0.3) is 10.4 Å². The number of hydroxylamine groups is 1. The van der Waals surface area contributed by atoms with Gasteiger partial charge in [0.25, 0.3) is 5.91 Å². The molecule has 0 spiro atoms. The maximum Gasteiger partial charge on any atom is 0.493 e. The molecule has 9 nitrogen and oxygen atoms in total. The number of hydrogen-bond acceptors (Lipinski definition) is 8. The minimum Gasteiger partial charge on any atom is -0.322 e. The average molecular weight is 583 g/mol. The first-order valence-corrected chi connectivity index (χ1v) is 12.9. The van der Waals surface area contributed by atoms with E-state index in [0.717, 1.165) is 6.92 Å². The highest BCUT2D eigenvalue weighted by molar-refractivity contribution is 7.91. The molecule has 3 aromatic rings. The molecule has 36 heavy (non-hydrogen) atoms. The number of amides is 1. The largest absolute Gasteiger partial charge is 0.493 e. The highest BCUT2D eigenvalue weighted by atomic mass is 35.5. The van der Waals surface area contributed by atoms with Gasteiger partial charge in [0.1, 0.15) is 0 Å². The SMILES string of the molecule is CC(=O)N(OC(=O)C(F)(F)F)c1nc(C)c(-c2cnc(Cl)c(NS(=O)(=O)Cc3ccc(Cl)cc3)c2)s1. The fraction of sp³-hybridized carbons (Fsp3) is 0.200. The molecule has 0 radical (unpaired) electrons. The third kappa shape index (κ3) is 6.84. The maximum atomic E-state index is 12.6. The Hall–Kier alpha value is -2.94. The fourth-order valence-electron chi connectivity index (χ4n) is 2.76. The van der Waals surface area contributed by atoms with Crippen molar-refractivity contribution >= 4 is 67.3 Å². The van der Waals surface area contributed by atoms with Gasteiger partial charge in [-0.1, -0.05) is 46.7 Å². The average Bonchev–Trinajstić information content (AvgIpc) is 3.14. The Bertz CT molecular complexity index is 1410. The number of thiazole rings is 1. The number of carbonyl (C=O) groups is 2. The lowest BCUT2D eigenvalue weighted by Crippen LogP contribution is -2.37. The number of halogens is 5. The van der Waals surface area contributed by atoms with Crippen LogP contribution in [0.3, 0.4) is 0 Å². The highest BCUT2D eigenvalue weighted by Crippen LogP contribution is 2.37. The Morgan fingerprint density at radius 1 is 1.19 bits per heavy atom. The Balaban J connectivity index is 1.89. The summed E-state index contributed by atoms with van der Waals surface area (Å²) in [7, 11) is -3.93. The molecule has 0 aliphatic carbocycles. The minimum atomic E-state index is -5.33. The van der Waals surface area contributed by atoms with Crippen molar-refractivity contribution < 1.29 is 36.0 Å². The molecule has 3 rings (SSSR count). The second-order valence-electron chi connectivity index (χ2n) is 7.15. The second kappa shape index (κ2) is 10.6. The third-order valence-electron chi connectivity index (χ3n) is 4.29. The lowest BCUT2D eigenvalue weighted by Gasteiger charge is -2.16. The number of rotatable bonds is 6. The van der Waals surface area contributed by atoms with Crippen molar-refractivity contribution in [2.24, 2.45) is 0 Å². The van der Waals surface area contributed by atoms with E-state index in [2.05, 4.69) is 19.5 Å². The zero-order chi connectivity index (χ0) is 26.8. The van der Waals surface area contributed by atoms with Crippen LogP contribution in [-0.2, 0) is 30.2 Å². The van der Waals surface area contributed by atoms with Gasteiger partial charge in [-0.25, -0.2) is 23.2 Å². The van der Waals surface area contributed by atoms with Gasteiger partial charge >= 0.3 is 12.1 Å². The van der Waals surface area contributed by atoms with Crippen LogP contribution in [0.4, 0.5) is 24.0 Å². The van der Waals surface area contributed by atoms with E-state index in [1.165, 1.54) is 19.2 Å². The predicted molar refractivity (Wildman–Crippen MR) is 128 cm³/mol. The molecule has 0 saturated carbocycles. The van der Waals surface area contributed by atoms with E-state index in [1.54, 1.807) is 24.3 Å². The molecule has 16 heteroatoms. The van der Waals surface area contributed by atoms with Crippen molar-refractivity contribution in [3.05, 3.63) is 58.0 Å². The van der Waals surface area contributed by atoms with Crippen LogP contribution in [0.1, 0.15) is 18.2 Å². The molecule has 2 aromatic heterocycles. The number of alkyl halides is 3. The number of aromatic nitrogens is 2. The summed E-state index contributed by atoms with van der Waals surface area (Å²) >= 11 is 12.6. The van der Waals surface area contributed by atoms with E-state index in [1.807, 2.05) is 0 Å². The summed E-state index contributed by atoms with van der Waals surface area (Å²) in [6.07, 6.45) is -4.05. The van der Waals surface area contributed by atoms with Gasteiger partial charge in [0.2, 0.25) is 15.2 Å². The first-order valence-electron chi connectivity index (χ1n) is 9.64. The summed E-state index contributed by atoms with van der Waals surface area (Å²) in [6, 6.07) is 7.53. The van der Waals surface area contributed by atoms with Crippen molar-refractivity contribution in [2.45, 2.75) is 25.8 Å². The maximum absolute atomic E-state index is 12.6. The lowest BCUT2D eigenvalue weighted by atomic mass is 10.2. The first kappa shape index (κ1) is 27.6. The Labute approximate surface area is 216 Å². The van der Waals surface area contributed by atoms with E-state index < -0.39 is 28.1 Å². The Morgan fingerprint density at radius 2 is 1.83 bits per heavy atom. The minimum absolute atomic E-state index is 0.0654. The van der Waals surface area contributed by atoms with Gasteiger partial charge in [0.05, 0.1) is 22.0 Å². The highest BCUT2D eigenvalue weighted by Gasteiger charge is 2.44. The van der Waals surface area contributed by atoms with E-state index in [4.69, 9.17) is 23.2 Å². The smallest absolute Gasteiger partial charge is 0.322 e. The van der Waals surface area contributed by atoms with Crippen molar-refractivity contribution in [1.82, 2.24) is 9.97 Å². The predicted octanol–water partition coefficient (Wildman–Crippen LogP) is 5.14. The number of anilines is 2. The number of nitrogens with zero attached hydrogens (tertiary/aromatic N) is 3. The summed E-state index contributed by atoms with van der Waals surface area (Å²) in [5, 5.41) is 0.0494. The van der Waals surface area contributed by atoms with Crippen LogP contribution >= 0.6 is 34.5 Å². The van der Waals surface area contributed by atoms with Crippen LogP contribution in [-0.4, -0.2) is 36.4 Å². The number of hydrogen-bond donors (Lipinski definition) is 1. The molecule has 0 atom stereocenters. The zero-order valence-corrected chi connectivity index (χ0v) is 21.4. The lowest BCUT2D eigenvalue weighted by molar-refractivity contribution is -0.201. The summed E-state index contributed by atoms with van der Waals surface area (Å²) in [6.45, 7) is 2.37. The molecule has 1 N–H and O–H groups in total. The van der Waals surface area contributed by atoms with Gasteiger partial charge in [-0.15, -0.1) is 5.06 Å². The number of pyridine rings is 1. The monoisotopic (exact) mass is 582 g/mol.